The van der Waals surface area contributed by atoms with Gasteiger partial charge >= 0.3 is 0 Å². The summed E-state index contributed by atoms with van der Waals surface area (Å²) in [4.78, 5) is 0. The number of halogens is 2. The van der Waals surface area contributed by atoms with E-state index in [2.05, 4.69) is 5.32 Å². The highest BCUT2D eigenvalue weighted by atomic mass is 19.1. The van der Waals surface area contributed by atoms with Crippen LogP contribution in [0.2, 0.25) is 0 Å². The van der Waals surface area contributed by atoms with Gasteiger partial charge in [-0.2, -0.15) is 0 Å². The second-order valence-electron chi connectivity index (χ2n) is 3.75. The molecule has 17 heavy (non-hydrogen) atoms. The quantitative estimate of drug-likeness (QED) is 0.800. The Labute approximate surface area is 98.1 Å². The number of benzene rings is 2. The molecule has 0 radical (unpaired) electrons. The third-order valence-electron chi connectivity index (χ3n) is 2.34. The minimum absolute atomic E-state index is 0.416. The molecule has 2 rings (SSSR count). The summed E-state index contributed by atoms with van der Waals surface area (Å²) in [7, 11) is 0. The van der Waals surface area contributed by atoms with E-state index in [4.69, 9.17) is 5.73 Å². The van der Waals surface area contributed by atoms with E-state index in [-0.39, 0.29) is 0 Å². The Hall–Kier alpha value is -2.10. The van der Waals surface area contributed by atoms with Gasteiger partial charge in [-0.05, 0) is 29.8 Å². The molecule has 4 heteroatoms. The number of hydrogen-bond donors (Lipinski definition) is 2. The zero-order chi connectivity index (χ0) is 12.3. The molecule has 0 spiro atoms. The monoisotopic (exact) mass is 234 g/mol. The molecule has 0 saturated heterocycles. The van der Waals surface area contributed by atoms with Gasteiger partial charge in [0.1, 0.15) is 11.6 Å². The van der Waals surface area contributed by atoms with Crippen LogP contribution in [0.3, 0.4) is 0 Å². The number of nitrogens with one attached hydrogen (secondary N) is 1. The molecule has 2 aromatic carbocycles. The predicted octanol–water partition coefficient (Wildman–Crippen LogP) is 3.16. The topological polar surface area (TPSA) is 38.0 Å². The van der Waals surface area contributed by atoms with Crippen LogP contribution >= 0.6 is 0 Å². The van der Waals surface area contributed by atoms with Crippen LogP contribution in [-0.4, -0.2) is 0 Å². The van der Waals surface area contributed by atoms with Crippen molar-refractivity contribution in [2.45, 2.75) is 6.54 Å². The van der Waals surface area contributed by atoms with Gasteiger partial charge in [0.2, 0.25) is 0 Å². The van der Waals surface area contributed by atoms with Crippen molar-refractivity contribution >= 4 is 11.4 Å². The lowest BCUT2D eigenvalue weighted by Crippen LogP contribution is -2.00. The summed E-state index contributed by atoms with van der Waals surface area (Å²) in [6.07, 6.45) is 0. The number of rotatable bonds is 3. The summed E-state index contributed by atoms with van der Waals surface area (Å²) in [5.74, 6) is -1.19. The van der Waals surface area contributed by atoms with E-state index in [1.807, 2.05) is 12.1 Å². The van der Waals surface area contributed by atoms with E-state index in [0.717, 1.165) is 11.6 Å². The molecule has 0 fully saturated rings. The van der Waals surface area contributed by atoms with E-state index >= 15 is 0 Å². The van der Waals surface area contributed by atoms with Crippen molar-refractivity contribution < 1.29 is 8.78 Å². The Bertz CT molecular complexity index is 489. The summed E-state index contributed by atoms with van der Waals surface area (Å²) >= 11 is 0. The molecule has 0 atom stereocenters. The van der Waals surface area contributed by atoms with Crippen LogP contribution < -0.4 is 11.1 Å². The maximum atomic E-state index is 12.9. The Morgan fingerprint density at radius 1 is 0.941 bits per heavy atom. The Morgan fingerprint density at radius 2 is 1.53 bits per heavy atom. The van der Waals surface area contributed by atoms with Crippen molar-refractivity contribution in [2.75, 3.05) is 11.1 Å². The fourth-order valence-electron chi connectivity index (χ4n) is 1.50. The van der Waals surface area contributed by atoms with E-state index in [0.29, 0.717) is 17.9 Å². The minimum Gasteiger partial charge on any atom is -0.399 e. The van der Waals surface area contributed by atoms with Gasteiger partial charge in [-0.1, -0.05) is 12.1 Å². The van der Waals surface area contributed by atoms with Crippen LogP contribution in [0.1, 0.15) is 5.56 Å². The Balaban J connectivity index is 2.04. The predicted molar refractivity (Wildman–Crippen MR) is 64.5 cm³/mol. The second kappa shape index (κ2) is 4.82. The maximum absolute atomic E-state index is 12.9. The molecular weight excluding hydrogens is 222 g/mol. The first-order valence-electron chi connectivity index (χ1n) is 5.18. The standard InChI is InChI=1S/C13H12F2N2/c14-10-5-11(15)7-13(6-10)17-8-9-1-3-12(16)4-2-9/h1-7,17H,8,16H2. The summed E-state index contributed by atoms with van der Waals surface area (Å²) in [6.45, 7) is 0.489. The van der Waals surface area contributed by atoms with E-state index in [1.54, 1.807) is 12.1 Å². The van der Waals surface area contributed by atoms with Crippen molar-refractivity contribution in [3.8, 4) is 0 Å². The van der Waals surface area contributed by atoms with Crippen molar-refractivity contribution in [3.63, 3.8) is 0 Å². The molecule has 0 unspecified atom stereocenters. The lowest BCUT2D eigenvalue weighted by molar-refractivity contribution is 0.584. The van der Waals surface area contributed by atoms with Crippen molar-refractivity contribution in [1.29, 1.82) is 0 Å². The molecule has 88 valence electrons. The SMILES string of the molecule is Nc1ccc(CNc2cc(F)cc(F)c2)cc1. The second-order valence-corrected chi connectivity index (χ2v) is 3.75. The summed E-state index contributed by atoms with van der Waals surface area (Å²) < 4.78 is 25.8. The molecule has 0 bridgehead atoms. The molecular formula is C13H12F2N2. The number of nitrogen functional groups attached to an aromatic ring is 1. The first-order chi connectivity index (χ1) is 8.13. The van der Waals surface area contributed by atoms with Gasteiger partial charge < -0.3 is 11.1 Å². The van der Waals surface area contributed by atoms with Crippen LogP contribution in [-0.2, 0) is 6.54 Å². The number of anilines is 2. The van der Waals surface area contributed by atoms with Crippen LogP contribution in [0.25, 0.3) is 0 Å². The first kappa shape index (κ1) is 11.4. The Kier molecular flexibility index (Phi) is 3.23. The molecule has 0 heterocycles. The fourth-order valence-corrected chi connectivity index (χ4v) is 1.50. The first-order valence-corrected chi connectivity index (χ1v) is 5.18. The van der Waals surface area contributed by atoms with Crippen LogP contribution in [0.15, 0.2) is 42.5 Å². The molecule has 0 amide bonds. The third kappa shape index (κ3) is 3.17. The fraction of sp³-hybridized carbons (Fsp3) is 0.0769. The molecule has 0 aliphatic heterocycles. The normalized spacial score (nSPS) is 10.2. The molecule has 2 nitrogen and oxygen atoms in total. The van der Waals surface area contributed by atoms with Crippen molar-refractivity contribution in [1.82, 2.24) is 0 Å². The average molecular weight is 234 g/mol. The van der Waals surface area contributed by atoms with Gasteiger partial charge in [0, 0.05) is 24.0 Å². The molecule has 2 aromatic rings. The van der Waals surface area contributed by atoms with Crippen LogP contribution in [0.5, 0.6) is 0 Å². The maximum Gasteiger partial charge on any atom is 0.128 e. The molecule has 0 aliphatic rings. The molecule has 3 N–H and O–H groups in total. The van der Waals surface area contributed by atoms with Crippen molar-refractivity contribution in [3.05, 3.63) is 59.7 Å². The van der Waals surface area contributed by atoms with Crippen molar-refractivity contribution in [2.24, 2.45) is 0 Å². The lowest BCUT2D eigenvalue weighted by Gasteiger charge is -2.07. The summed E-state index contributed by atoms with van der Waals surface area (Å²) in [5.41, 5.74) is 7.65. The zero-order valence-corrected chi connectivity index (χ0v) is 9.08. The van der Waals surface area contributed by atoms with E-state index in [9.17, 15) is 8.78 Å². The van der Waals surface area contributed by atoms with Gasteiger partial charge in [-0.25, -0.2) is 8.78 Å². The average Bonchev–Trinajstić information content (AvgIpc) is 2.27. The number of hydrogen-bond acceptors (Lipinski definition) is 2. The van der Waals surface area contributed by atoms with Gasteiger partial charge in [-0.15, -0.1) is 0 Å². The largest absolute Gasteiger partial charge is 0.399 e. The third-order valence-corrected chi connectivity index (χ3v) is 2.34. The Morgan fingerprint density at radius 3 is 2.12 bits per heavy atom. The highest BCUT2D eigenvalue weighted by Crippen LogP contribution is 2.14. The van der Waals surface area contributed by atoms with Gasteiger partial charge in [0.05, 0.1) is 0 Å². The molecule has 0 aliphatic carbocycles. The number of nitrogens with two attached hydrogens (primary N) is 1. The van der Waals surface area contributed by atoms with Gasteiger partial charge in [0.25, 0.3) is 0 Å². The highest BCUT2D eigenvalue weighted by Gasteiger charge is 2.00. The summed E-state index contributed by atoms with van der Waals surface area (Å²) in [6, 6.07) is 10.6. The van der Waals surface area contributed by atoms with E-state index in [1.165, 1.54) is 12.1 Å². The lowest BCUT2D eigenvalue weighted by atomic mass is 10.2. The van der Waals surface area contributed by atoms with Gasteiger partial charge in [0.15, 0.2) is 0 Å². The minimum atomic E-state index is -0.593. The van der Waals surface area contributed by atoms with Crippen LogP contribution in [0.4, 0.5) is 20.2 Å². The molecule has 0 aromatic heterocycles. The van der Waals surface area contributed by atoms with Crippen LogP contribution in [0, 0.1) is 11.6 Å². The zero-order valence-electron chi connectivity index (χ0n) is 9.08. The van der Waals surface area contributed by atoms with E-state index < -0.39 is 11.6 Å². The smallest absolute Gasteiger partial charge is 0.128 e. The summed E-state index contributed by atoms with van der Waals surface area (Å²) in [5, 5.41) is 2.94. The molecule has 0 saturated carbocycles. The van der Waals surface area contributed by atoms with Gasteiger partial charge in [-0.3, -0.25) is 0 Å². The highest BCUT2D eigenvalue weighted by molar-refractivity contribution is 5.45.